The molecule has 140 valence electrons. The van der Waals surface area contributed by atoms with Gasteiger partial charge < -0.3 is 10.1 Å². The van der Waals surface area contributed by atoms with Gasteiger partial charge >= 0.3 is 0 Å². The number of methoxy groups -OCH3 is 1. The molecule has 0 saturated heterocycles. The summed E-state index contributed by atoms with van der Waals surface area (Å²) in [5.41, 5.74) is 3.12. The van der Waals surface area contributed by atoms with Gasteiger partial charge in [-0.25, -0.2) is 9.50 Å². The van der Waals surface area contributed by atoms with Crippen molar-refractivity contribution >= 4 is 33.3 Å². The molecule has 9 heteroatoms. The number of hydrogen-bond donors (Lipinski definition) is 1. The number of benzene rings is 1. The second-order valence-corrected chi connectivity index (χ2v) is 6.78. The first-order valence-corrected chi connectivity index (χ1v) is 9.16. The molecule has 0 aliphatic carbocycles. The fourth-order valence-corrected chi connectivity index (χ4v) is 3.28. The maximum Gasteiger partial charge on any atom is 0.277 e. The van der Waals surface area contributed by atoms with Crippen LogP contribution in [0.2, 0.25) is 0 Å². The monoisotopic (exact) mass is 438 g/mol. The molecule has 0 atom stereocenters. The topological polar surface area (TPSA) is 94.3 Å². The third kappa shape index (κ3) is 3.31. The number of rotatable bonds is 4. The third-order valence-corrected chi connectivity index (χ3v) is 4.80. The molecule has 28 heavy (non-hydrogen) atoms. The number of aryl methyl sites for hydroxylation is 1. The van der Waals surface area contributed by atoms with Crippen LogP contribution < -0.4 is 10.1 Å². The van der Waals surface area contributed by atoms with E-state index in [-0.39, 0.29) is 5.91 Å². The second-order valence-electron chi connectivity index (χ2n) is 5.93. The summed E-state index contributed by atoms with van der Waals surface area (Å²) >= 11 is 3.54. The van der Waals surface area contributed by atoms with Crippen LogP contribution in [-0.4, -0.2) is 37.8 Å². The van der Waals surface area contributed by atoms with E-state index in [2.05, 4.69) is 41.5 Å². The minimum absolute atomic E-state index is 0.308. The molecule has 0 aliphatic rings. The molecule has 0 aliphatic heterocycles. The molecule has 4 rings (SSSR count). The summed E-state index contributed by atoms with van der Waals surface area (Å²) in [6.45, 7) is 1.77. The van der Waals surface area contributed by atoms with Gasteiger partial charge in [0.15, 0.2) is 17.2 Å². The van der Waals surface area contributed by atoms with Gasteiger partial charge in [-0.15, -0.1) is 10.2 Å². The normalized spacial score (nSPS) is 10.8. The van der Waals surface area contributed by atoms with E-state index in [0.717, 1.165) is 15.7 Å². The maximum atomic E-state index is 12.9. The molecular formula is C19H15BrN6O2. The van der Waals surface area contributed by atoms with Gasteiger partial charge in [-0.3, -0.25) is 4.79 Å². The van der Waals surface area contributed by atoms with Gasteiger partial charge in [0.05, 0.1) is 18.5 Å². The van der Waals surface area contributed by atoms with Crippen LogP contribution in [0.1, 0.15) is 16.2 Å². The van der Waals surface area contributed by atoms with E-state index in [1.165, 1.54) is 11.6 Å². The summed E-state index contributed by atoms with van der Waals surface area (Å²) in [6.07, 6.45) is 0. The summed E-state index contributed by atoms with van der Waals surface area (Å²) < 4.78 is 7.43. The number of nitrogens with one attached hydrogen (secondary N) is 1. The smallest absolute Gasteiger partial charge is 0.277 e. The Labute approximate surface area is 168 Å². The van der Waals surface area contributed by atoms with Crippen molar-refractivity contribution in [1.82, 2.24) is 24.8 Å². The molecule has 0 bridgehead atoms. The molecule has 1 aromatic carbocycles. The SMILES string of the molecule is COc1ccc(NC(=O)c2c(C)nc3ccc(-c4ccccc4Br)nn23)nn1. The number of hydrogen-bond acceptors (Lipinski definition) is 6. The van der Waals surface area contributed by atoms with E-state index < -0.39 is 0 Å². The number of carbonyl (C=O) groups is 1. The first-order valence-electron chi connectivity index (χ1n) is 8.37. The first-order chi connectivity index (χ1) is 13.6. The van der Waals surface area contributed by atoms with Gasteiger partial charge in [-0.05, 0) is 31.2 Å². The van der Waals surface area contributed by atoms with Crippen molar-refractivity contribution in [2.45, 2.75) is 6.92 Å². The van der Waals surface area contributed by atoms with Crippen LogP contribution in [0.25, 0.3) is 16.9 Å². The Morgan fingerprint density at radius 1 is 1.11 bits per heavy atom. The Hall–Kier alpha value is -3.33. The molecule has 3 heterocycles. The molecule has 3 aromatic heterocycles. The average Bonchev–Trinajstić information content (AvgIpc) is 3.04. The fraction of sp³-hybridized carbons (Fsp3) is 0.105. The minimum Gasteiger partial charge on any atom is -0.480 e. The largest absolute Gasteiger partial charge is 0.480 e. The van der Waals surface area contributed by atoms with Crippen molar-refractivity contribution in [3.63, 3.8) is 0 Å². The number of aromatic nitrogens is 5. The number of carbonyl (C=O) groups excluding carboxylic acids is 1. The number of anilines is 1. The Kier molecular flexibility index (Phi) is 4.74. The Balaban J connectivity index is 1.73. The fourth-order valence-electron chi connectivity index (χ4n) is 2.79. The molecule has 0 unspecified atom stereocenters. The van der Waals surface area contributed by atoms with Crippen molar-refractivity contribution in [3.05, 3.63) is 64.4 Å². The van der Waals surface area contributed by atoms with Crippen LogP contribution in [0.4, 0.5) is 5.82 Å². The van der Waals surface area contributed by atoms with Crippen LogP contribution in [-0.2, 0) is 0 Å². The number of halogens is 1. The first kappa shape index (κ1) is 18.1. The number of amides is 1. The van der Waals surface area contributed by atoms with Crippen molar-refractivity contribution < 1.29 is 9.53 Å². The minimum atomic E-state index is -0.374. The third-order valence-electron chi connectivity index (χ3n) is 4.11. The molecular weight excluding hydrogens is 424 g/mol. The lowest BCUT2D eigenvalue weighted by atomic mass is 10.1. The molecule has 0 radical (unpaired) electrons. The number of fused-ring (bicyclic) bond motifs is 1. The van der Waals surface area contributed by atoms with E-state index in [1.807, 2.05) is 36.4 Å². The second kappa shape index (κ2) is 7.35. The van der Waals surface area contributed by atoms with E-state index in [1.54, 1.807) is 19.1 Å². The standard InChI is InChI=1S/C19H15BrN6O2/c1-11-18(19(27)22-15-8-10-17(28-2)24-23-15)26-16(21-11)9-7-14(25-26)12-5-3-4-6-13(12)20/h3-10H,1-2H3,(H,22,23,27). The van der Waals surface area contributed by atoms with E-state index in [0.29, 0.717) is 28.7 Å². The quantitative estimate of drug-likeness (QED) is 0.523. The van der Waals surface area contributed by atoms with Gasteiger partial charge in [0.25, 0.3) is 5.91 Å². The summed E-state index contributed by atoms with van der Waals surface area (Å²) in [5, 5.41) is 15.1. The molecule has 0 fully saturated rings. The Morgan fingerprint density at radius 2 is 1.93 bits per heavy atom. The van der Waals surface area contributed by atoms with Crippen LogP contribution in [0, 0.1) is 6.92 Å². The molecule has 8 nitrogen and oxygen atoms in total. The van der Waals surface area contributed by atoms with Crippen molar-refractivity contribution in [2.75, 3.05) is 12.4 Å². The summed E-state index contributed by atoms with van der Waals surface area (Å²) in [6, 6.07) is 14.7. The molecule has 1 N–H and O–H groups in total. The summed E-state index contributed by atoms with van der Waals surface area (Å²) in [4.78, 5) is 17.3. The highest BCUT2D eigenvalue weighted by Gasteiger charge is 2.19. The highest BCUT2D eigenvalue weighted by molar-refractivity contribution is 9.10. The van der Waals surface area contributed by atoms with Crippen molar-refractivity contribution in [2.24, 2.45) is 0 Å². The van der Waals surface area contributed by atoms with Gasteiger partial charge in [0, 0.05) is 16.1 Å². The van der Waals surface area contributed by atoms with Crippen LogP contribution >= 0.6 is 15.9 Å². The van der Waals surface area contributed by atoms with Crippen LogP contribution in [0.3, 0.4) is 0 Å². The molecule has 1 amide bonds. The number of ether oxygens (including phenoxy) is 1. The average molecular weight is 439 g/mol. The Bertz CT molecular complexity index is 1170. The number of imidazole rings is 1. The number of nitrogens with zero attached hydrogens (tertiary/aromatic N) is 5. The Morgan fingerprint density at radius 3 is 2.64 bits per heavy atom. The van der Waals surface area contributed by atoms with Gasteiger partial charge in [-0.2, -0.15) is 5.10 Å². The van der Waals surface area contributed by atoms with Crippen molar-refractivity contribution in [1.29, 1.82) is 0 Å². The van der Waals surface area contributed by atoms with E-state index in [9.17, 15) is 4.79 Å². The molecule has 0 saturated carbocycles. The molecule has 4 aromatic rings. The lowest BCUT2D eigenvalue weighted by Crippen LogP contribution is -2.17. The lowest BCUT2D eigenvalue weighted by Gasteiger charge is -2.07. The predicted octanol–water partition coefficient (Wildman–Crippen LogP) is 3.52. The highest BCUT2D eigenvalue weighted by Crippen LogP contribution is 2.27. The summed E-state index contributed by atoms with van der Waals surface area (Å²) in [5.74, 6) is 0.298. The van der Waals surface area contributed by atoms with E-state index in [4.69, 9.17) is 4.74 Å². The zero-order valence-corrected chi connectivity index (χ0v) is 16.6. The van der Waals surface area contributed by atoms with Crippen LogP contribution in [0.5, 0.6) is 5.88 Å². The van der Waals surface area contributed by atoms with Gasteiger partial charge in [0.1, 0.15) is 0 Å². The van der Waals surface area contributed by atoms with Gasteiger partial charge in [-0.1, -0.05) is 34.1 Å². The highest BCUT2D eigenvalue weighted by atomic mass is 79.9. The van der Waals surface area contributed by atoms with Crippen LogP contribution in [0.15, 0.2) is 53.0 Å². The summed E-state index contributed by atoms with van der Waals surface area (Å²) in [7, 11) is 1.50. The zero-order chi connectivity index (χ0) is 19.7. The predicted molar refractivity (Wildman–Crippen MR) is 107 cm³/mol. The maximum absolute atomic E-state index is 12.9. The van der Waals surface area contributed by atoms with E-state index >= 15 is 0 Å². The van der Waals surface area contributed by atoms with Crippen molar-refractivity contribution in [3.8, 4) is 17.1 Å². The van der Waals surface area contributed by atoms with Gasteiger partial charge in [0.2, 0.25) is 5.88 Å². The molecule has 0 spiro atoms. The lowest BCUT2D eigenvalue weighted by molar-refractivity contribution is 0.101. The zero-order valence-electron chi connectivity index (χ0n) is 15.0.